The molecular weight excluding hydrogens is 196 g/mol. The Morgan fingerprint density at radius 3 is 2.57 bits per heavy atom. The van der Waals surface area contributed by atoms with Crippen LogP contribution in [0.15, 0.2) is 30.3 Å². The van der Waals surface area contributed by atoms with Crippen molar-refractivity contribution in [1.29, 1.82) is 0 Å². The Hall–Kier alpha value is -1.22. The van der Waals surface area contributed by atoms with Gasteiger partial charge in [0.15, 0.2) is 10.8 Å². The molecule has 0 heterocycles. The van der Waals surface area contributed by atoms with E-state index >= 15 is 0 Å². The van der Waals surface area contributed by atoms with E-state index in [-0.39, 0.29) is 12.2 Å². The van der Waals surface area contributed by atoms with E-state index in [1.54, 1.807) is 12.1 Å². The number of ketones is 1. The highest BCUT2D eigenvalue weighted by Gasteiger charge is 2.08. The van der Waals surface area contributed by atoms with E-state index in [0.29, 0.717) is 17.2 Å². The molecule has 0 amide bonds. The largest absolute Gasteiger partial charge is 0.487 e. The van der Waals surface area contributed by atoms with Crippen LogP contribution in [0.1, 0.15) is 23.7 Å². The molecule has 0 aliphatic rings. The van der Waals surface area contributed by atoms with Crippen molar-refractivity contribution in [3.63, 3.8) is 0 Å². The zero-order valence-corrected chi connectivity index (χ0v) is 8.84. The fourth-order valence-corrected chi connectivity index (χ4v) is 1.32. The Bertz CT molecular complexity index is 319. The molecule has 74 valence electrons. The molecule has 0 aromatic heterocycles. The average Bonchev–Trinajstić information content (AvgIpc) is 2.19. The van der Waals surface area contributed by atoms with E-state index in [1.165, 1.54) is 0 Å². The van der Waals surface area contributed by atoms with Crippen LogP contribution in [-0.4, -0.2) is 17.4 Å². The highest BCUT2D eigenvalue weighted by molar-refractivity contribution is 7.80. The maximum atomic E-state index is 11.6. The Balaban J connectivity index is 2.55. The van der Waals surface area contributed by atoms with Crippen LogP contribution in [0.3, 0.4) is 0 Å². The summed E-state index contributed by atoms with van der Waals surface area (Å²) in [5, 5.41) is 0.362. The summed E-state index contributed by atoms with van der Waals surface area (Å²) >= 11 is 4.89. The summed E-state index contributed by atoms with van der Waals surface area (Å²) in [7, 11) is 0. The normalized spacial score (nSPS) is 9.50. The number of hydrogen-bond donors (Lipinski definition) is 0. The van der Waals surface area contributed by atoms with Gasteiger partial charge < -0.3 is 4.74 Å². The number of ether oxygens (including phenoxy) is 1. The highest BCUT2D eigenvalue weighted by Crippen LogP contribution is 2.04. The monoisotopic (exact) mass is 208 g/mol. The molecule has 0 radical (unpaired) electrons. The van der Waals surface area contributed by atoms with Crippen LogP contribution in [0.5, 0.6) is 0 Å². The summed E-state index contributed by atoms with van der Waals surface area (Å²) in [5.41, 5.74) is 0.676. The molecule has 3 heteroatoms. The zero-order chi connectivity index (χ0) is 10.4. The molecule has 2 nitrogen and oxygen atoms in total. The lowest BCUT2D eigenvalue weighted by molar-refractivity contribution is 0.0994. The van der Waals surface area contributed by atoms with Crippen LogP contribution >= 0.6 is 12.2 Å². The second-order valence-corrected chi connectivity index (χ2v) is 3.23. The van der Waals surface area contributed by atoms with Gasteiger partial charge in [-0.15, -0.1) is 0 Å². The van der Waals surface area contributed by atoms with Crippen LogP contribution in [0, 0.1) is 0 Å². The predicted molar refractivity (Wildman–Crippen MR) is 59.6 cm³/mol. The van der Waals surface area contributed by atoms with Gasteiger partial charge >= 0.3 is 0 Å². The lowest BCUT2D eigenvalue weighted by Crippen LogP contribution is -2.09. The molecule has 0 bridgehead atoms. The van der Waals surface area contributed by atoms with Crippen LogP contribution in [-0.2, 0) is 4.74 Å². The van der Waals surface area contributed by atoms with Gasteiger partial charge in [0.2, 0.25) is 0 Å². The minimum absolute atomic E-state index is 0.00375. The highest BCUT2D eigenvalue weighted by atomic mass is 32.1. The van der Waals surface area contributed by atoms with Crippen molar-refractivity contribution in [1.82, 2.24) is 0 Å². The number of Topliss-reactive ketones (excluding diaryl/α,β-unsaturated/α-hetero) is 1. The number of rotatable bonds is 4. The molecular formula is C11H12O2S. The van der Waals surface area contributed by atoms with Gasteiger partial charge in [0.1, 0.15) is 0 Å². The van der Waals surface area contributed by atoms with E-state index in [1.807, 2.05) is 25.1 Å². The summed E-state index contributed by atoms with van der Waals surface area (Å²) < 4.78 is 5.04. The van der Waals surface area contributed by atoms with Gasteiger partial charge in [0.25, 0.3) is 0 Å². The molecule has 0 saturated carbocycles. The Morgan fingerprint density at radius 2 is 2.00 bits per heavy atom. The standard InChI is InChI=1S/C11H12O2S/c1-2-13-11(14)8-10(12)9-6-4-3-5-7-9/h3-7H,2,8H2,1H3. The molecule has 1 aromatic rings. The van der Waals surface area contributed by atoms with Gasteiger partial charge in [0, 0.05) is 5.56 Å². The number of carbonyl (C=O) groups excluding carboxylic acids is 1. The van der Waals surface area contributed by atoms with E-state index < -0.39 is 0 Å². The van der Waals surface area contributed by atoms with E-state index in [4.69, 9.17) is 17.0 Å². The molecule has 0 unspecified atom stereocenters. The molecule has 1 aromatic carbocycles. The Labute approximate surface area is 88.9 Å². The van der Waals surface area contributed by atoms with Crippen LogP contribution in [0.25, 0.3) is 0 Å². The molecule has 0 aliphatic carbocycles. The zero-order valence-electron chi connectivity index (χ0n) is 8.03. The van der Waals surface area contributed by atoms with Gasteiger partial charge in [-0.2, -0.15) is 0 Å². The summed E-state index contributed by atoms with van der Waals surface area (Å²) in [6.07, 6.45) is 0.188. The van der Waals surface area contributed by atoms with Gasteiger partial charge in [-0.05, 0) is 19.1 Å². The second-order valence-electron chi connectivity index (χ2n) is 2.77. The Morgan fingerprint density at radius 1 is 1.36 bits per heavy atom. The summed E-state index contributed by atoms with van der Waals surface area (Å²) in [5.74, 6) is 0.00375. The van der Waals surface area contributed by atoms with Crippen molar-refractivity contribution in [2.24, 2.45) is 0 Å². The number of benzene rings is 1. The molecule has 0 fully saturated rings. The van der Waals surface area contributed by atoms with Gasteiger partial charge in [-0.25, -0.2) is 0 Å². The number of thiocarbonyl (C=S) groups is 1. The minimum atomic E-state index is 0.00375. The molecule has 0 N–H and O–H groups in total. The van der Waals surface area contributed by atoms with Crippen molar-refractivity contribution in [2.45, 2.75) is 13.3 Å². The summed E-state index contributed by atoms with van der Waals surface area (Å²) in [6.45, 7) is 2.36. The number of hydrogen-bond acceptors (Lipinski definition) is 3. The third-order valence-corrected chi connectivity index (χ3v) is 1.97. The topological polar surface area (TPSA) is 26.3 Å². The maximum absolute atomic E-state index is 11.6. The molecule has 0 atom stereocenters. The lowest BCUT2D eigenvalue weighted by atomic mass is 10.1. The van der Waals surface area contributed by atoms with Crippen molar-refractivity contribution in [3.05, 3.63) is 35.9 Å². The van der Waals surface area contributed by atoms with Crippen LogP contribution in [0.2, 0.25) is 0 Å². The van der Waals surface area contributed by atoms with E-state index in [2.05, 4.69) is 0 Å². The van der Waals surface area contributed by atoms with E-state index in [9.17, 15) is 4.79 Å². The number of carbonyl (C=O) groups is 1. The van der Waals surface area contributed by atoms with E-state index in [0.717, 1.165) is 0 Å². The summed E-state index contributed by atoms with van der Waals surface area (Å²) in [6, 6.07) is 9.08. The molecule has 14 heavy (non-hydrogen) atoms. The first-order chi connectivity index (χ1) is 6.74. The smallest absolute Gasteiger partial charge is 0.171 e. The van der Waals surface area contributed by atoms with Gasteiger partial charge in [-0.1, -0.05) is 30.3 Å². The molecule has 0 spiro atoms. The van der Waals surface area contributed by atoms with Gasteiger partial charge in [-0.3, -0.25) is 4.79 Å². The predicted octanol–water partition coefficient (Wildman–Crippen LogP) is 2.62. The first-order valence-electron chi connectivity index (χ1n) is 4.48. The van der Waals surface area contributed by atoms with Crippen molar-refractivity contribution < 1.29 is 9.53 Å². The minimum Gasteiger partial charge on any atom is -0.487 e. The first-order valence-corrected chi connectivity index (χ1v) is 4.88. The average molecular weight is 208 g/mol. The van der Waals surface area contributed by atoms with Crippen molar-refractivity contribution in [2.75, 3.05) is 6.61 Å². The summed E-state index contributed by atoms with van der Waals surface area (Å²) in [4.78, 5) is 11.6. The SMILES string of the molecule is CCOC(=S)CC(=O)c1ccccc1. The second kappa shape index (κ2) is 5.50. The lowest BCUT2D eigenvalue weighted by Gasteiger charge is -2.03. The first kappa shape index (κ1) is 10.9. The fourth-order valence-electron chi connectivity index (χ4n) is 1.07. The van der Waals surface area contributed by atoms with Crippen molar-refractivity contribution >= 4 is 23.1 Å². The quantitative estimate of drug-likeness (QED) is 0.562. The van der Waals surface area contributed by atoms with Crippen molar-refractivity contribution in [3.8, 4) is 0 Å². The Kier molecular flexibility index (Phi) is 4.26. The van der Waals surface area contributed by atoms with Crippen LogP contribution < -0.4 is 0 Å². The van der Waals surface area contributed by atoms with Crippen LogP contribution in [0.4, 0.5) is 0 Å². The molecule has 0 aliphatic heterocycles. The molecule has 1 rings (SSSR count). The fraction of sp³-hybridized carbons (Fsp3) is 0.273. The maximum Gasteiger partial charge on any atom is 0.171 e. The third-order valence-electron chi connectivity index (χ3n) is 1.71. The molecule has 0 saturated heterocycles. The van der Waals surface area contributed by atoms with Gasteiger partial charge in [0.05, 0.1) is 13.0 Å². The third kappa shape index (κ3) is 3.26.